The van der Waals surface area contributed by atoms with Gasteiger partial charge in [0.25, 0.3) is 0 Å². The van der Waals surface area contributed by atoms with Crippen molar-refractivity contribution >= 4 is 5.82 Å². The van der Waals surface area contributed by atoms with Crippen molar-refractivity contribution < 1.29 is 22.6 Å². The Kier molecular flexibility index (Phi) is 8.02. The molecule has 2 fully saturated rings. The molecule has 0 unspecified atom stereocenters. The average Bonchev–Trinajstić information content (AvgIpc) is 3.50. The second-order valence-electron chi connectivity index (χ2n) is 11.6. The van der Waals surface area contributed by atoms with Crippen molar-refractivity contribution in [1.29, 1.82) is 0 Å². The number of alkyl halides is 3. The highest BCUT2D eigenvalue weighted by molar-refractivity contribution is 5.68. The summed E-state index contributed by atoms with van der Waals surface area (Å²) in [7, 11) is 1.26. The van der Waals surface area contributed by atoms with Gasteiger partial charge in [0.05, 0.1) is 25.1 Å². The van der Waals surface area contributed by atoms with Gasteiger partial charge in [-0.3, -0.25) is 9.88 Å². The summed E-state index contributed by atoms with van der Waals surface area (Å²) in [5.41, 5.74) is 3.09. The lowest BCUT2D eigenvalue weighted by molar-refractivity contribution is -0.138. The Morgan fingerprint density at radius 2 is 1.88 bits per heavy atom. The number of benzene rings is 1. The van der Waals surface area contributed by atoms with Crippen LogP contribution in [-0.4, -0.2) is 67.4 Å². The van der Waals surface area contributed by atoms with Gasteiger partial charge in [0.15, 0.2) is 0 Å². The van der Waals surface area contributed by atoms with E-state index in [1.54, 1.807) is 4.90 Å². The van der Waals surface area contributed by atoms with Crippen LogP contribution < -0.4 is 19.7 Å². The predicted molar refractivity (Wildman–Crippen MR) is 156 cm³/mol. The molecule has 6 rings (SSSR count). The minimum absolute atomic E-state index is 0.0549. The van der Waals surface area contributed by atoms with E-state index in [0.717, 1.165) is 55.3 Å². The van der Waals surface area contributed by atoms with Gasteiger partial charge >= 0.3 is 6.18 Å². The molecule has 7 nitrogen and oxygen atoms in total. The van der Waals surface area contributed by atoms with E-state index in [1.165, 1.54) is 31.4 Å². The fraction of sp³-hybridized carbons (Fsp3) is 0.500. The molecule has 0 bridgehead atoms. The number of methoxy groups -OCH3 is 1. The van der Waals surface area contributed by atoms with Crippen molar-refractivity contribution in [3.63, 3.8) is 0 Å². The largest absolute Gasteiger partial charge is 0.496 e. The summed E-state index contributed by atoms with van der Waals surface area (Å²) in [4.78, 5) is 13.7. The normalized spacial score (nSPS) is 20.5. The lowest BCUT2D eigenvalue weighted by atomic mass is 9.69. The van der Waals surface area contributed by atoms with Crippen LogP contribution in [0.1, 0.15) is 49.4 Å². The Hall–Kier alpha value is -3.37. The zero-order valence-corrected chi connectivity index (χ0v) is 24.2. The first-order valence-corrected chi connectivity index (χ1v) is 14.8. The molecule has 0 amide bonds. The van der Waals surface area contributed by atoms with Crippen molar-refractivity contribution in [3.05, 3.63) is 65.5 Å². The number of rotatable bonds is 7. The molecule has 0 aliphatic carbocycles. The maximum atomic E-state index is 14.1. The quantitative estimate of drug-likeness (QED) is 0.386. The number of nitrogens with zero attached hydrogens (tertiary/aromatic N) is 4. The molecular formula is C32H38F3N5O2. The maximum Gasteiger partial charge on any atom is 0.423 e. The second-order valence-corrected chi connectivity index (χ2v) is 11.6. The Balaban J connectivity index is 1.33. The van der Waals surface area contributed by atoms with Gasteiger partial charge in [-0.1, -0.05) is 18.2 Å². The predicted octanol–water partition coefficient (Wildman–Crippen LogP) is 5.68. The third-order valence-electron chi connectivity index (χ3n) is 8.97. The Morgan fingerprint density at radius 3 is 2.60 bits per heavy atom. The van der Waals surface area contributed by atoms with Crippen LogP contribution in [0, 0.1) is 0 Å². The van der Waals surface area contributed by atoms with Gasteiger partial charge in [-0.05, 0) is 69.0 Å². The van der Waals surface area contributed by atoms with E-state index in [0.29, 0.717) is 38.6 Å². The fourth-order valence-electron chi connectivity index (χ4n) is 7.03. The zero-order valence-electron chi connectivity index (χ0n) is 24.2. The van der Waals surface area contributed by atoms with Crippen LogP contribution in [0.3, 0.4) is 0 Å². The van der Waals surface area contributed by atoms with Crippen LogP contribution in [0.2, 0.25) is 0 Å². The third kappa shape index (κ3) is 5.54. The number of para-hydroxylation sites is 1. The van der Waals surface area contributed by atoms with Crippen molar-refractivity contribution in [1.82, 2.24) is 20.2 Å². The van der Waals surface area contributed by atoms with Crippen LogP contribution in [0.4, 0.5) is 19.0 Å². The molecule has 2 aromatic heterocycles. The van der Waals surface area contributed by atoms with Crippen molar-refractivity contribution in [3.8, 4) is 22.8 Å². The van der Waals surface area contributed by atoms with Gasteiger partial charge in [0, 0.05) is 55.9 Å². The highest BCUT2D eigenvalue weighted by Gasteiger charge is 2.45. The SMILES string of the molecule is CCOc1ccccc1-c1ccc2c(n1)CN(C[C@H]1CCCN1)CC21CCN(c2nccc(OC)c2C(F)(F)F)CC1. The number of fused-ring (bicyclic) bond motifs is 2. The molecule has 3 aliphatic rings. The van der Waals surface area contributed by atoms with Crippen LogP contribution in [0.25, 0.3) is 11.3 Å². The second kappa shape index (κ2) is 11.7. The summed E-state index contributed by atoms with van der Waals surface area (Å²) in [6, 6.07) is 14.0. The minimum Gasteiger partial charge on any atom is -0.496 e. The molecule has 1 atom stereocenters. The van der Waals surface area contributed by atoms with Gasteiger partial charge < -0.3 is 19.7 Å². The van der Waals surface area contributed by atoms with E-state index in [1.807, 2.05) is 31.2 Å². The molecule has 0 saturated carbocycles. The number of piperidine rings is 1. The molecule has 42 heavy (non-hydrogen) atoms. The molecule has 1 spiro atoms. The summed E-state index contributed by atoms with van der Waals surface area (Å²) in [5.74, 6) is 0.556. The van der Waals surface area contributed by atoms with E-state index < -0.39 is 11.7 Å². The monoisotopic (exact) mass is 581 g/mol. The van der Waals surface area contributed by atoms with Crippen LogP contribution >= 0.6 is 0 Å². The summed E-state index contributed by atoms with van der Waals surface area (Å²) in [6.45, 7) is 7.06. The van der Waals surface area contributed by atoms with E-state index >= 15 is 0 Å². The Morgan fingerprint density at radius 1 is 1.07 bits per heavy atom. The molecule has 5 heterocycles. The van der Waals surface area contributed by atoms with E-state index in [4.69, 9.17) is 14.5 Å². The fourth-order valence-corrected chi connectivity index (χ4v) is 7.03. The number of hydrogen-bond acceptors (Lipinski definition) is 7. The topological polar surface area (TPSA) is 62.8 Å². The van der Waals surface area contributed by atoms with Crippen molar-refractivity contribution in [2.45, 2.75) is 56.8 Å². The van der Waals surface area contributed by atoms with Gasteiger partial charge in [-0.15, -0.1) is 0 Å². The van der Waals surface area contributed by atoms with Gasteiger partial charge in [-0.25, -0.2) is 4.98 Å². The number of halogens is 3. The molecule has 2 saturated heterocycles. The first-order chi connectivity index (χ1) is 20.3. The minimum atomic E-state index is -4.56. The number of pyridine rings is 2. The molecule has 1 aromatic carbocycles. The van der Waals surface area contributed by atoms with Gasteiger partial charge in [-0.2, -0.15) is 13.2 Å². The standard InChI is InChI=1S/C32H38F3N5O2/c1-3-42-27-9-5-4-8-23(27)25-11-10-24-26(38-25)20-39(19-22-7-6-15-36-22)21-31(24)13-17-40(18-14-31)30-29(32(33,34)35)28(41-2)12-16-37-30/h4-5,8-12,16,22,36H,3,6-7,13-15,17-21H2,1-2H3/t22-/m1/s1. The molecule has 3 aliphatic heterocycles. The van der Waals surface area contributed by atoms with E-state index in [-0.39, 0.29) is 17.0 Å². The van der Waals surface area contributed by atoms with Crippen molar-refractivity contribution in [2.75, 3.05) is 51.3 Å². The number of hydrogen-bond donors (Lipinski definition) is 1. The molecule has 224 valence electrons. The number of nitrogens with one attached hydrogen (secondary N) is 1. The number of anilines is 1. The number of ether oxygens (including phenoxy) is 2. The van der Waals surface area contributed by atoms with Crippen molar-refractivity contribution in [2.24, 2.45) is 0 Å². The first kappa shape index (κ1) is 28.7. The van der Waals surface area contributed by atoms with E-state index in [2.05, 4.69) is 27.3 Å². The summed E-state index contributed by atoms with van der Waals surface area (Å²) < 4.78 is 53.3. The van der Waals surface area contributed by atoms with Gasteiger partial charge in [0.1, 0.15) is 22.9 Å². The molecular weight excluding hydrogens is 543 g/mol. The average molecular weight is 582 g/mol. The van der Waals surface area contributed by atoms with Crippen LogP contribution in [-0.2, 0) is 18.1 Å². The molecule has 0 radical (unpaired) electrons. The maximum absolute atomic E-state index is 14.1. The lowest BCUT2D eigenvalue weighted by Crippen LogP contribution is -2.54. The van der Waals surface area contributed by atoms with Gasteiger partial charge in [0.2, 0.25) is 0 Å². The number of aromatic nitrogens is 2. The summed E-state index contributed by atoms with van der Waals surface area (Å²) >= 11 is 0. The first-order valence-electron chi connectivity index (χ1n) is 14.8. The third-order valence-corrected chi connectivity index (χ3v) is 8.97. The molecule has 1 N–H and O–H groups in total. The lowest BCUT2D eigenvalue weighted by Gasteiger charge is -2.49. The summed E-state index contributed by atoms with van der Waals surface area (Å²) in [6.07, 6.45) is 0.584. The highest BCUT2D eigenvalue weighted by Crippen LogP contribution is 2.46. The Labute approximate surface area is 245 Å². The van der Waals surface area contributed by atoms with Crippen LogP contribution in [0.15, 0.2) is 48.7 Å². The highest BCUT2D eigenvalue weighted by atomic mass is 19.4. The smallest absolute Gasteiger partial charge is 0.423 e. The Bertz CT molecular complexity index is 1400. The summed E-state index contributed by atoms with van der Waals surface area (Å²) in [5, 5.41) is 3.62. The zero-order chi connectivity index (χ0) is 29.3. The molecule has 10 heteroatoms. The van der Waals surface area contributed by atoms with E-state index in [9.17, 15) is 13.2 Å². The van der Waals surface area contributed by atoms with Crippen LogP contribution in [0.5, 0.6) is 11.5 Å². The molecule has 3 aromatic rings.